The van der Waals surface area contributed by atoms with Crippen LogP contribution in [0.1, 0.15) is 35.2 Å². The summed E-state index contributed by atoms with van der Waals surface area (Å²) >= 11 is 0. The van der Waals surface area contributed by atoms with Gasteiger partial charge < -0.3 is 15.2 Å². The van der Waals surface area contributed by atoms with Crippen molar-refractivity contribution in [2.24, 2.45) is 0 Å². The van der Waals surface area contributed by atoms with Crippen molar-refractivity contribution in [2.75, 3.05) is 13.1 Å². The van der Waals surface area contributed by atoms with E-state index < -0.39 is 0 Å². The Hall–Kier alpha value is -3.34. The van der Waals surface area contributed by atoms with E-state index in [0.29, 0.717) is 18.7 Å². The highest BCUT2D eigenvalue weighted by molar-refractivity contribution is 5.94. The predicted octanol–water partition coefficient (Wildman–Crippen LogP) is 4.02. The van der Waals surface area contributed by atoms with E-state index in [1.807, 2.05) is 6.07 Å². The van der Waals surface area contributed by atoms with Crippen molar-refractivity contribution < 1.29 is 4.79 Å². The van der Waals surface area contributed by atoms with Crippen molar-refractivity contribution in [2.45, 2.75) is 32.2 Å². The minimum atomic E-state index is -0.122. The van der Waals surface area contributed by atoms with E-state index >= 15 is 0 Å². The summed E-state index contributed by atoms with van der Waals surface area (Å²) in [5, 5.41) is 5.40. The van der Waals surface area contributed by atoms with Crippen LogP contribution in [0.4, 0.5) is 4.79 Å². The van der Waals surface area contributed by atoms with Crippen LogP contribution in [0.3, 0.4) is 0 Å². The maximum absolute atomic E-state index is 12.6. The molecule has 0 fully saturated rings. The third-order valence-corrected chi connectivity index (χ3v) is 6.23. The normalized spacial score (nSPS) is 15.7. The fourth-order valence-corrected chi connectivity index (χ4v) is 4.58. The number of H-pyrrole nitrogens is 1. The van der Waals surface area contributed by atoms with E-state index in [1.54, 1.807) is 4.90 Å². The summed E-state index contributed by atoms with van der Waals surface area (Å²) in [4.78, 5) is 29.7. The SMILES string of the molecule is O=C(NCc1cc2c([nH]c1=O)CCC2)N1CC=C(c2cccc3ccccc23)CC1. The lowest BCUT2D eigenvalue weighted by Gasteiger charge is -2.27. The van der Waals surface area contributed by atoms with E-state index in [9.17, 15) is 9.59 Å². The zero-order valence-electron chi connectivity index (χ0n) is 16.9. The molecule has 0 radical (unpaired) electrons. The van der Waals surface area contributed by atoms with Gasteiger partial charge in [0, 0.05) is 30.9 Å². The zero-order valence-corrected chi connectivity index (χ0v) is 16.9. The Morgan fingerprint density at radius 2 is 1.93 bits per heavy atom. The van der Waals surface area contributed by atoms with Gasteiger partial charge in [0.15, 0.2) is 0 Å². The number of nitrogens with one attached hydrogen (secondary N) is 2. The highest BCUT2D eigenvalue weighted by Crippen LogP contribution is 2.29. The molecule has 0 saturated heterocycles. The quantitative estimate of drug-likeness (QED) is 0.699. The van der Waals surface area contributed by atoms with Gasteiger partial charge in [0.05, 0.1) is 0 Å². The number of aryl methyl sites for hydroxylation is 2. The van der Waals surface area contributed by atoms with Gasteiger partial charge in [-0.25, -0.2) is 4.79 Å². The van der Waals surface area contributed by atoms with Crippen molar-refractivity contribution in [1.29, 1.82) is 0 Å². The molecule has 5 heteroatoms. The summed E-state index contributed by atoms with van der Waals surface area (Å²) in [6.07, 6.45) is 5.99. The van der Waals surface area contributed by atoms with Gasteiger partial charge in [-0.1, -0.05) is 48.5 Å². The van der Waals surface area contributed by atoms with Gasteiger partial charge in [-0.3, -0.25) is 4.79 Å². The minimum Gasteiger partial charge on any atom is -0.334 e. The Kier molecular flexibility index (Phi) is 4.87. The molecule has 1 aromatic heterocycles. The first-order valence-electron chi connectivity index (χ1n) is 10.6. The van der Waals surface area contributed by atoms with Gasteiger partial charge in [-0.05, 0) is 59.2 Å². The van der Waals surface area contributed by atoms with E-state index in [2.05, 4.69) is 58.8 Å². The molecule has 1 aliphatic heterocycles. The summed E-state index contributed by atoms with van der Waals surface area (Å²) in [5.41, 5.74) is 5.33. The molecule has 30 heavy (non-hydrogen) atoms. The maximum Gasteiger partial charge on any atom is 0.317 e. The average molecular weight is 399 g/mol. The molecule has 3 aromatic rings. The molecule has 5 nitrogen and oxygen atoms in total. The average Bonchev–Trinajstić information content (AvgIpc) is 3.24. The van der Waals surface area contributed by atoms with Crippen LogP contribution in [0.15, 0.2) is 59.4 Å². The Morgan fingerprint density at radius 3 is 2.80 bits per heavy atom. The standard InChI is InChI=1S/C25H25N3O2/c29-24-20(15-19-7-4-10-23(19)27-24)16-26-25(30)28-13-11-18(12-14-28)22-9-3-6-17-5-1-2-8-21(17)22/h1-3,5-6,8-9,11,15H,4,7,10,12-14,16H2,(H,26,30)(H,27,29). The molecule has 2 heterocycles. The Balaban J connectivity index is 1.26. The molecule has 0 atom stereocenters. The Morgan fingerprint density at radius 1 is 1.07 bits per heavy atom. The van der Waals surface area contributed by atoms with Crippen molar-refractivity contribution in [3.63, 3.8) is 0 Å². The number of benzene rings is 2. The van der Waals surface area contributed by atoms with Crippen LogP contribution < -0.4 is 10.9 Å². The van der Waals surface area contributed by atoms with Crippen LogP contribution in [-0.4, -0.2) is 29.0 Å². The zero-order chi connectivity index (χ0) is 20.5. The smallest absolute Gasteiger partial charge is 0.317 e. The Bertz CT molecular complexity index is 1200. The molecular formula is C25H25N3O2. The molecule has 5 rings (SSSR count). The molecule has 2 aliphatic rings. The third-order valence-electron chi connectivity index (χ3n) is 6.23. The van der Waals surface area contributed by atoms with Crippen LogP contribution in [0.5, 0.6) is 0 Å². The van der Waals surface area contributed by atoms with E-state index in [4.69, 9.17) is 0 Å². The van der Waals surface area contributed by atoms with Crippen molar-refractivity contribution in [3.05, 3.63) is 87.3 Å². The summed E-state index contributed by atoms with van der Waals surface area (Å²) in [6.45, 7) is 1.50. The highest BCUT2D eigenvalue weighted by atomic mass is 16.2. The van der Waals surface area contributed by atoms with Crippen LogP contribution in [0, 0.1) is 0 Å². The lowest BCUT2D eigenvalue weighted by atomic mass is 9.94. The lowest BCUT2D eigenvalue weighted by molar-refractivity contribution is 0.202. The molecule has 0 bridgehead atoms. The van der Waals surface area contributed by atoms with Crippen LogP contribution in [-0.2, 0) is 19.4 Å². The maximum atomic E-state index is 12.6. The fraction of sp³-hybridized carbons (Fsp3) is 0.280. The predicted molar refractivity (Wildman–Crippen MR) is 119 cm³/mol. The van der Waals surface area contributed by atoms with Gasteiger partial charge in [-0.2, -0.15) is 0 Å². The van der Waals surface area contributed by atoms with Gasteiger partial charge in [0.1, 0.15) is 0 Å². The van der Waals surface area contributed by atoms with E-state index in [0.717, 1.165) is 31.4 Å². The number of hydrogen-bond acceptors (Lipinski definition) is 2. The molecular weight excluding hydrogens is 374 g/mol. The first-order valence-corrected chi connectivity index (χ1v) is 10.6. The number of hydrogen-bond donors (Lipinski definition) is 2. The number of carbonyl (C=O) groups is 1. The topological polar surface area (TPSA) is 65.2 Å². The van der Waals surface area contributed by atoms with E-state index in [1.165, 1.54) is 27.5 Å². The number of rotatable bonds is 3. The lowest BCUT2D eigenvalue weighted by Crippen LogP contribution is -2.42. The second-order valence-electron chi connectivity index (χ2n) is 8.09. The Labute approximate surface area is 175 Å². The molecule has 0 unspecified atom stereocenters. The van der Waals surface area contributed by atoms with Crippen molar-refractivity contribution >= 4 is 22.4 Å². The summed E-state index contributed by atoms with van der Waals surface area (Å²) in [6, 6.07) is 16.6. The summed E-state index contributed by atoms with van der Waals surface area (Å²) in [5.74, 6) is 0. The molecule has 0 spiro atoms. The number of fused-ring (bicyclic) bond motifs is 2. The fourth-order valence-electron chi connectivity index (χ4n) is 4.58. The monoisotopic (exact) mass is 399 g/mol. The molecule has 2 amide bonds. The number of aromatic nitrogens is 1. The molecule has 0 saturated carbocycles. The molecule has 2 N–H and O–H groups in total. The first kappa shape index (κ1) is 18.7. The second kappa shape index (κ2) is 7.82. The third kappa shape index (κ3) is 3.52. The number of aromatic amines is 1. The number of amides is 2. The van der Waals surface area contributed by atoms with Crippen LogP contribution >= 0.6 is 0 Å². The van der Waals surface area contributed by atoms with Gasteiger partial charge in [0.25, 0.3) is 5.56 Å². The molecule has 152 valence electrons. The first-order chi connectivity index (χ1) is 14.7. The van der Waals surface area contributed by atoms with Gasteiger partial charge in [-0.15, -0.1) is 0 Å². The largest absolute Gasteiger partial charge is 0.334 e. The number of carbonyl (C=O) groups excluding carboxylic acids is 1. The van der Waals surface area contributed by atoms with Gasteiger partial charge in [0.2, 0.25) is 0 Å². The van der Waals surface area contributed by atoms with Crippen molar-refractivity contribution in [3.8, 4) is 0 Å². The second-order valence-corrected chi connectivity index (χ2v) is 8.09. The van der Waals surface area contributed by atoms with Crippen LogP contribution in [0.25, 0.3) is 16.3 Å². The van der Waals surface area contributed by atoms with E-state index in [-0.39, 0.29) is 18.1 Å². The summed E-state index contributed by atoms with van der Waals surface area (Å²) < 4.78 is 0. The number of pyridine rings is 1. The molecule has 1 aliphatic carbocycles. The van der Waals surface area contributed by atoms with Gasteiger partial charge >= 0.3 is 6.03 Å². The molecule has 2 aromatic carbocycles. The minimum absolute atomic E-state index is 0.0901. The summed E-state index contributed by atoms with van der Waals surface area (Å²) in [7, 11) is 0. The number of urea groups is 1. The van der Waals surface area contributed by atoms with Crippen molar-refractivity contribution in [1.82, 2.24) is 15.2 Å². The van der Waals surface area contributed by atoms with Crippen LogP contribution in [0.2, 0.25) is 0 Å². The highest BCUT2D eigenvalue weighted by Gasteiger charge is 2.20. The number of nitrogens with zero attached hydrogens (tertiary/aromatic N) is 1.